The number of nitrogens with one attached hydrogen (secondary N) is 2. The van der Waals surface area contributed by atoms with Gasteiger partial charge < -0.3 is 15.4 Å². The van der Waals surface area contributed by atoms with Crippen molar-refractivity contribution in [2.45, 2.75) is 98.9 Å². The number of carbonyl (C=O) groups excluding carboxylic acids is 3. The van der Waals surface area contributed by atoms with E-state index < -0.39 is 41.1 Å². The molecule has 3 unspecified atom stereocenters. The topological polar surface area (TPSA) is 87.7 Å². The van der Waals surface area contributed by atoms with Crippen LogP contribution in [0, 0.1) is 32.2 Å². The number of hydrogen-bond acceptors (Lipinski definition) is 4. The number of nitrogens with zero attached hydrogens (tertiary/aromatic N) is 1. The molecule has 3 amide bonds. The molecule has 0 spiro atoms. The van der Waals surface area contributed by atoms with Crippen molar-refractivity contribution in [3.05, 3.63) is 34.9 Å². The number of terminal acetylenes is 1. The highest BCUT2D eigenvalue weighted by atomic mass is 16.6. The SMILES string of the molecule is C#CN(C(=O)C(NC(=O)OC(C)(C)C)C(C)CC)C(C(=O)NC(C)(C)C)c1cc(C)ccc1C. The third-order valence-corrected chi connectivity index (χ3v) is 5.26. The predicted molar refractivity (Wildman–Crippen MR) is 135 cm³/mol. The first-order chi connectivity index (χ1) is 15.5. The van der Waals surface area contributed by atoms with Crippen LogP contribution in [0.1, 0.15) is 84.5 Å². The van der Waals surface area contributed by atoms with Gasteiger partial charge in [-0.15, -0.1) is 0 Å². The maximum Gasteiger partial charge on any atom is 0.408 e. The third kappa shape index (κ3) is 8.40. The Bertz CT molecular complexity index is 935. The van der Waals surface area contributed by atoms with Crippen LogP contribution in [0.5, 0.6) is 0 Å². The fourth-order valence-electron chi connectivity index (χ4n) is 3.42. The molecule has 0 bridgehead atoms. The smallest absolute Gasteiger partial charge is 0.408 e. The second-order valence-corrected chi connectivity index (χ2v) is 10.8. The van der Waals surface area contributed by atoms with Crippen molar-refractivity contribution in [2.75, 3.05) is 0 Å². The van der Waals surface area contributed by atoms with Crippen LogP contribution in [0.25, 0.3) is 0 Å². The van der Waals surface area contributed by atoms with Crippen LogP contribution in [0.2, 0.25) is 0 Å². The van der Waals surface area contributed by atoms with E-state index >= 15 is 0 Å². The summed E-state index contributed by atoms with van der Waals surface area (Å²) in [6.07, 6.45) is 5.73. The molecule has 0 saturated carbocycles. The molecule has 1 aromatic rings. The lowest BCUT2D eigenvalue weighted by molar-refractivity contribution is -0.140. The minimum absolute atomic E-state index is 0.249. The highest BCUT2D eigenvalue weighted by Crippen LogP contribution is 2.28. The molecular formula is C27H41N3O4. The lowest BCUT2D eigenvalue weighted by Gasteiger charge is -2.34. The molecule has 0 heterocycles. The number of aryl methyl sites for hydroxylation is 2. The van der Waals surface area contributed by atoms with E-state index in [0.717, 1.165) is 16.0 Å². The molecule has 1 rings (SSSR count). The lowest BCUT2D eigenvalue weighted by Crippen LogP contribution is -2.55. The Morgan fingerprint density at radius 1 is 1.12 bits per heavy atom. The largest absolute Gasteiger partial charge is 0.444 e. The van der Waals surface area contributed by atoms with Gasteiger partial charge in [-0.1, -0.05) is 50.5 Å². The fraction of sp³-hybridized carbons (Fsp3) is 0.593. The van der Waals surface area contributed by atoms with Crippen LogP contribution in [0.3, 0.4) is 0 Å². The van der Waals surface area contributed by atoms with Gasteiger partial charge in [0.25, 0.3) is 5.91 Å². The molecule has 34 heavy (non-hydrogen) atoms. The number of hydrogen-bond donors (Lipinski definition) is 2. The Balaban J connectivity index is 3.53. The summed E-state index contributed by atoms with van der Waals surface area (Å²) >= 11 is 0. The minimum atomic E-state index is -1.07. The zero-order valence-electron chi connectivity index (χ0n) is 22.3. The number of amides is 3. The zero-order valence-corrected chi connectivity index (χ0v) is 22.3. The quantitative estimate of drug-likeness (QED) is 0.449. The zero-order chi connectivity index (χ0) is 26.4. The van der Waals surface area contributed by atoms with Crippen LogP contribution in [-0.4, -0.2) is 40.0 Å². The first kappa shape index (κ1) is 29.0. The van der Waals surface area contributed by atoms with E-state index in [0.29, 0.717) is 12.0 Å². The average Bonchev–Trinajstić information content (AvgIpc) is 2.68. The van der Waals surface area contributed by atoms with E-state index in [1.54, 1.807) is 20.8 Å². The number of carbonyl (C=O) groups is 3. The van der Waals surface area contributed by atoms with Gasteiger partial charge in [0.05, 0.1) is 0 Å². The van der Waals surface area contributed by atoms with E-state index in [-0.39, 0.29) is 5.92 Å². The number of ether oxygens (including phenoxy) is 1. The molecule has 0 aliphatic carbocycles. The van der Waals surface area contributed by atoms with Crippen molar-refractivity contribution in [1.29, 1.82) is 0 Å². The lowest BCUT2D eigenvalue weighted by atomic mass is 9.93. The van der Waals surface area contributed by atoms with Gasteiger partial charge in [-0.3, -0.25) is 14.5 Å². The monoisotopic (exact) mass is 471 g/mol. The molecular weight excluding hydrogens is 430 g/mol. The van der Waals surface area contributed by atoms with Crippen molar-refractivity contribution in [2.24, 2.45) is 5.92 Å². The first-order valence-electron chi connectivity index (χ1n) is 11.7. The Morgan fingerprint density at radius 2 is 1.71 bits per heavy atom. The predicted octanol–water partition coefficient (Wildman–Crippen LogP) is 4.62. The van der Waals surface area contributed by atoms with Crippen molar-refractivity contribution in [3.63, 3.8) is 0 Å². The third-order valence-electron chi connectivity index (χ3n) is 5.26. The van der Waals surface area contributed by atoms with Gasteiger partial charge in [0.2, 0.25) is 5.91 Å². The fourth-order valence-corrected chi connectivity index (χ4v) is 3.42. The summed E-state index contributed by atoms with van der Waals surface area (Å²) < 4.78 is 5.37. The minimum Gasteiger partial charge on any atom is -0.444 e. The molecule has 7 nitrogen and oxygen atoms in total. The standard InChI is InChI=1S/C27H41N3O4/c1-12-18(4)21(28-25(33)34-27(9,10)11)24(32)30(13-2)22(23(31)29-26(6,7)8)20-16-17(3)14-15-19(20)5/h2,14-16,18,21-22H,12H2,1,3-11H3,(H,28,33)(H,29,31). The Kier molecular flexibility index (Phi) is 9.74. The van der Waals surface area contributed by atoms with Gasteiger partial charge in [-0.2, -0.15) is 0 Å². The maximum absolute atomic E-state index is 13.8. The van der Waals surface area contributed by atoms with E-state index in [9.17, 15) is 14.4 Å². The second-order valence-electron chi connectivity index (χ2n) is 10.8. The van der Waals surface area contributed by atoms with Crippen molar-refractivity contribution >= 4 is 17.9 Å². The molecule has 0 aliphatic rings. The normalized spacial score (nSPS) is 14.3. The summed E-state index contributed by atoms with van der Waals surface area (Å²) in [4.78, 5) is 40.9. The van der Waals surface area contributed by atoms with Crippen molar-refractivity contribution in [1.82, 2.24) is 15.5 Å². The van der Waals surface area contributed by atoms with Gasteiger partial charge in [-0.05, 0) is 72.4 Å². The number of benzene rings is 1. The molecule has 3 atom stereocenters. The summed E-state index contributed by atoms with van der Waals surface area (Å²) in [6.45, 7) is 18.4. The molecule has 0 fully saturated rings. The van der Waals surface area contributed by atoms with Gasteiger partial charge >= 0.3 is 6.09 Å². The Labute approximate surface area is 205 Å². The molecule has 188 valence electrons. The van der Waals surface area contributed by atoms with Crippen LogP contribution in [0.15, 0.2) is 18.2 Å². The summed E-state index contributed by atoms with van der Waals surface area (Å²) in [5.41, 5.74) is 1.12. The van der Waals surface area contributed by atoms with Crippen LogP contribution >= 0.6 is 0 Å². The summed E-state index contributed by atoms with van der Waals surface area (Å²) in [5, 5.41) is 5.63. The van der Waals surface area contributed by atoms with E-state index in [1.807, 2.05) is 66.7 Å². The maximum atomic E-state index is 13.8. The molecule has 2 N–H and O–H groups in total. The Morgan fingerprint density at radius 3 is 2.18 bits per heavy atom. The molecule has 0 aliphatic heterocycles. The van der Waals surface area contributed by atoms with Crippen molar-refractivity contribution in [3.8, 4) is 12.5 Å². The Hall–Kier alpha value is -3.01. The molecule has 0 radical (unpaired) electrons. The van der Waals surface area contributed by atoms with Crippen LogP contribution in [0.4, 0.5) is 4.79 Å². The number of alkyl carbamates (subject to hydrolysis) is 1. The highest BCUT2D eigenvalue weighted by Gasteiger charge is 2.39. The van der Waals surface area contributed by atoms with Crippen molar-refractivity contribution < 1.29 is 19.1 Å². The summed E-state index contributed by atoms with van der Waals surface area (Å²) in [6, 6.07) is 6.08. The van der Waals surface area contributed by atoms with E-state index in [4.69, 9.17) is 11.2 Å². The van der Waals surface area contributed by atoms with E-state index in [1.165, 1.54) is 0 Å². The van der Waals surface area contributed by atoms with Crippen LogP contribution in [-0.2, 0) is 14.3 Å². The van der Waals surface area contributed by atoms with Gasteiger partial charge in [0.1, 0.15) is 17.7 Å². The van der Waals surface area contributed by atoms with Gasteiger partial charge in [0, 0.05) is 11.6 Å². The number of rotatable bonds is 7. The van der Waals surface area contributed by atoms with Gasteiger partial charge in [0.15, 0.2) is 0 Å². The van der Waals surface area contributed by atoms with Crippen LogP contribution < -0.4 is 10.6 Å². The molecule has 1 aromatic carbocycles. The van der Waals surface area contributed by atoms with E-state index in [2.05, 4.69) is 16.7 Å². The summed E-state index contributed by atoms with van der Waals surface area (Å²) in [5.74, 6) is -1.19. The second kappa shape index (κ2) is 11.4. The molecule has 0 saturated heterocycles. The highest BCUT2D eigenvalue weighted by molar-refractivity contribution is 5.93. The van der Waals surface area contributed by atoms with Gasteiger partial charge in [-0.25, -0.2) is 4.79 Å². The average molecular weight is 472 g/mol. The first-order valence-corrected chi connectivity index (χ1v) is 11.7. The summed E-state index contributed by atoms with van der Waals surface area (Å²) in [7, 11) is 0. The molecule has 0 aromatic heterocycles. The molecule has 7 heteroatoms.